The van der Waals surface area contributed by atoms with Gasteiger partial charge in [0.15, 0.2) is 0 Å². The molecule has 158 valence electrons. The Bertz CT molecular complexity index is 943. The average molecular weight is 409 g/mol. The fourth-order valence-corrected chi connectivity index (χ4v) is 4.81. The van der Waals surface area contributed by atoms with Crippen molar-refractivity contribution in [3.63, 3.8) is 0 Å². The number of rotatable bonds is 4. The van der Waals surface area contributed by atoms with Crippen molar-refractivity contribution in [2.24, 2.45) is 5.92 Å². The molecule has 2 aromatic rings. The molecule has 5 rings (SSSR count). The van der Waals surface area contributed by atoms with Crippen LogP contribution < -0.4 is 4.74 Å². The fourth-order valence-electron chi connectivity index (χ4n) is 4.81. The van der Waals surface area contributed by atoms with Crippen LogP contribution in [0.5, 0.6) is 5.88 Å². The monoisotopic (exact) mass is 409 g/mol. The molecule has 2 atom stereocenters. The Morgan fingerprint density at radius 3 is 2.77 bits per heavy atom. The molecule has 0 radical (unpaired) electrons. The van der Waals surface area contributed by atoms with Gasteiger partial charge < -0.3 is 19.3 Å². The Balaban J connectivity index is 1.18. The van der Waals surface area contributed by atoms with Crippen LogP contribution in [0.15, 0.2) is 36.4 Å². The van der Waals surface area contributed by atoms with Crippen molar-refractivity contribution in [3.05, 3.63) is 36.4 Å². The molecule has 0 aliphatic carbocycles. The molecule has 1 aromatic heterocycles. The first kappa shape index (κ1) is 19.3. The van der Waals surface area contributed by atoms with Gasteiger partial charge in [-0.3, -0.25) is 9.59 Å². The van der Waals surface area contributed by atoms with Gasteiger partial charge in [0.05, 0.1) is 18.0 Å². The third-order valence-corrected chi connectivity index (χ3v) is 6.46. The Morgan fingerprint density at radius 1 is 1.07 bits per heavy atom. The summed E-state index contributed by atoms with van der Waals surface area (Å²) >= 11 is 0. The van der Waals surface area contributed by atoms with E-state index in [1.807, 2.05) is 46.2 Å². The number of para-hydroxylation sites is 1. The first-order valence-corrected chi connectivity index (χ1v) is 10.9. The highest BCUT2D eigenvalue weighted by atomic mass is 16.5. The summed E-state index contributed by atoms with van der Waals surface area (Å²) in [6, 6.07) is 12.0. The van der Waals surface area contributed by atoms with Crippen molar-refractivity contribution in [1.29, 1.82) is 0 Å². The normalized spacial score (nSPS) is 25.3. The largest absolute Gasteiger partial charge is 0.472 e. The summed E-state index contributed by atoms with van der Waals surface area (Å²) < 4.78 is 11.5. The van der Waals surface area contributed by atoms with Crippen molar-refractivity contribution in [2.75, 3.05) is 32.8 Å². The summed E-state index contributed by atoms with van der Waals surface area (Å²) in [4.78, 5) is 33.9. The van der Waals surface area contributed by atoms with E-state index in [4.69, 9.17) is 9.47 Å². The summed E-state index contributed by atoms with van der Waals surface area (Å²) in [5.74, 6) is 0.538. The number of benzene rings is 1. The third kappa shape index (κ3) is 3.86. The maximum Gasteiger partial charge on any atom is 0.228 e. The predicted octanol–water partition coefficient (Wildman–Crippen LogP) is 2.24. The highest BCUT2D eigenvalue weighted by Crippen LogP contribution is 2.28. The molecule has 3 aliphatic heterocycles. The van der Waals surface area contributed by atoms with Gasteiger partial charge in [0, 0.05) is 56.6 Å². The Labute approximate surface area is 175 Å². The van der Waals surface area contributed by atoms with E-state index in [1.54, 1.807) is 0 Å². The third-order valence-electron chi connectivity index (χ3n) is 6.46. The van der Waals surface area contributed by atoms with Crippen LogP contribution in [0.2, 0.25) is 0 Å². The van der Waals surface area contributed by atoms with E-state index in [0.29, 0.717) is 45.1 Å². The van der Waals surface area contributed by atoms with Crippen LogP contribution in [0.3, 0.4) is 0 Å². The first-order chi connectivity index (χ1) is 14.7. The first-order valence-electron chi connectivity index (χ1n) is 10.9. The van der Waals surface area contributed by atoms with Gasteiger partial charge in [0.1, 0.15) is 6.10 Å². The van der Waals surface area contributed by atoms with E-state index < -0.39 is 0 Å². The molecule has 2 amide bonds. The number of likely N-dealkylation sites (tertiary alicyclic amines) is 2. The van der Waals surface area contributed by atoms with Gasteiger partial charge >= 0.3 is 0 Å². The van der Waals surface area contributed by atoms with E-state index in [0.717, 1.165) is 30.2 Å². The molecule has 3 aliphatic rings. The van der Waals surface area contributed by atoms with Gasteiger partial charge in [-0.15, -0.1) is 0 Å². The van der Waals surface area contributed by atoms with Gasteiger partial charge in [-0.2, -0.15) is 0 Å². The molecule has 4 heterocycles. The molecule has 0 spiro atoms. The number of fused-ring (bicyclic) bond motifs is 1. The molecule has 0 saturated carbocycles. The van der Waals surface area contributed by atoms with E-state index in [2.05, 4.69) is 4.98 Å². The van der Waals surface area contributed by atoms with Crippen LogP contribution in [-0.2, 0) is 14.3 Å². The van der Waals surface area contributed by atoms with E-state index in [1.165, 1.54) is 0 Å². The smallest absolute Gasteiger partial charge is 0.228 e. The molecule has 30 heavy (non-hydrogen) atoms. The summed E-state index contributed by atoms with van der Waals surface area (Å²) in [6.45, 7) is 3.15. The maximum atomic E-state index is 13.0. The van der Waals surface area contributed by atoms with Gasteiger partial charge in [-0.05, 0) is 25.0 Å². The minimum absolute atomic E-state index is 0.0636. The lowest BCUT2D eigenvalue weighted by molar-refractivity contribution is -0.135. The van der Waals surface area contributed by atoms with Crippen molar-refractivity contribution in [2.45, 2.75) is 37.8 Å². The van der Waals surface area contributed by atoms with Crippen molar-refractivity contribution in [1.82, 2.24) is 14.8 Å². The van der Waals surface area contributed by atoms with Crippen LogP contribution in [0.1, 0.15) is 25.7 Å². The van der Waals surface area contributed by atoms with Crippen LogP contribution in [0, 0.1) is 5.92 Å². The predicted molar refractivity (Wildman–Crippen MR) is 111 cm³/mol. The number of hydrogen-bond acceptors (Lipinski definition) is 5. The summed E-state index contributed by atoms with van der Waals surface area (Å²) in [6.07, 6.45) is 2.77. The second-order valence-corrected chi connectivity index (χ2v) is 8.45. The van der Waals surface area contributed by atoms with Gasteiger partial charge in [-0.1, -0.05) is 18.2 Å². The molecule has 1 aromatic carbocycles. The average Bonchev–Trinajstić information content (AvgIpc) is 3.40. The van der Waals surface area contributed by atoms with E-state index in [-0.39, 0.29) is 29.9 Å². The standard InChI is InChI=1S/C23H27N3O4/c27-22-13-17(14-26(22)18-8-11-29-12-9-18)23(28)25-10-7-19(15-25)30-21-6-5-16-3-1-2-4-20(16)24-21/h1-6,17-19H,7-15H2. The number of aromatic nitrogens is 1. The van der Waals surface area contributed by atoms with Crippen LogP contribution in [-0.4, -0.2) is 71.6 Å². The summed E-state index contributed by atoms with van der Waals surface area (Å²) in [5, 5.41) is 1.08. The Hall–Kier alpha value is -2.67. The number of carbonyl (C=O) groups excluding carboxylic acids is 2. The molecule has 0 bridgehead atoms. The van der Waals surface area contributed by atoms with Crippen molar-refractivity contribution in [3.8, 4) is 5.88 Å². The van der Waals surface area contributed by atoms with Gasteiger partial charge in [-0.25, -0.2) is 4.98 Å². The second-order valence-electron chi connectivity index (χ2n) is 8.45. The van der Waals surface area contributed by atoms with E-state index >= 15 is 0 Å². The fraction of sp³-hybridized carbons (Fsp3) is 0.522. The van der Waals surface area contributed by atoms with Crippen LogP contribution in [0.4, 0.5) is 0 Å². The number of hydrogen-bond donors (Lipinski definition) is 0. The number of amides is 2. The lowest BCUT2D eigenvalue weighted by Crippen LogP contribution is -2.42. The molecule has 0 N–H and O–H groups in total. The molecule has 2 unspecified atom stereocenters. The van der Waals surface area contributed by atoms with E-state index in [9.17, 15) is 9.59 Å². The second kappa shape index (κ2) is 8.22. The minimum atomic E-state index is -0.238. The topological polar surface area (TPSA) is 72.0 Å². The molecule has 7 nitrogen and oxygen atoms in total. The summed E-state index contributed by atoms with van der Waals surface area (Å²) in [5.41, 5.74) is 0.901. The van der Waals surface area contributed by atoms with Gasteiger partial charge in [0.25, 0.3) is 0 Å². The van der Waals surface area contributed by atoms with Crippen LogP contribution >= 0.6 is 0 Å². The molecule has 3 fully saturated rings. The zero-order valence-electron chi connectivity index (χ0n) is 17.0. The number of pyridine rings is 1. The number of ether oxygens (including phenoxy) is 2. The quantitative estimate of drug-likeness (QED) is 0.775. The molecular weight excluding hydrogens is 382 g/mol. The summed E-state index contributed by atoms with van der Waals surface area (Å²) in [7, 11) is 0. The Morgan fingerprint density at radius 2 is 1.90 bits per heavy atom. The highest BCUT2D eigenvalue weighted by Gasteiger charge is 2.41. The lowest BCUT2D eigenvalue weighted by atomic mass is 10.1. The maximum absolute atomic E-state index is 13.0. The minimum Gasteiger partial charge on any atom is -0.472 e. The van der Waals surface area contributed by atoms with Crippen LogP contribution in [0.25, 0.3) is 10.9 Å². The van der Waals surface area contributed by atoms with Crippen molar-refractivity contribution >= 4 is 22.7 Å². The molecular formula is C23H27N3O4. The lowest BCUT2D eigenvalue weighted by Gasteiger charge is -2.31. The zero-order chi connectivity index (χ0) is 20.5. The SMILES string of the molecule is O=C(C1CC(=O)N(C2CCOCC2)C1)N1CCC(Oc2ccc3ccccc3n2)C1. The zero-order valence-corrected chi connectivity index (χ0v) is 17.0. The Kier molecular flexibility index (Phi) is 5.29. The molecule has 7 heteroatoms. The van der Waals surface area contributed by atoms with Gasteiger partial charge in [0.2, 0.25) is 17.7 Å². The molecule has 3 saturated heterocycles. The highest BCUT2D eigenvalue weighted by molar-refractivity contribution is 5.89. The number of carbonyl (C=O) groups is 2. The van der Waals surface area contributed by atoms with Crippen molar-refractivity contribution < 1.29 is 19.1 Å². The number of nitrogens with zero attached hydrogens (tertiary/aromatic N) is 3.